The maximum absolute atomic E-state index is 11.3. The monoisotopic (exact) mass is 184 g/mol. The van der Waals surface area contributed by atoms with Gasteiger partial charge >= 0.3 is 0 Å². The van der Waals surface area contributed by atoms with Crippen LogP contribution in [0.25, 0.3) is 0 Å². The van der Waals surface area contributed by atoms with Gasteiger partial charge in [0.05, 0.1) is 0 Å². The van der Waals surface area contributed by atoms with E-state index in [0.717, 1.165) is 12.8 Å². The summed E-state index contributed by atoms with van der Waals surface area (Å²) in [6, 6.07) is 0.694. The second kappa shape index (κ2) is 5.22. The molecule has 0 radical (unpaired) electrons. The van der Waals surface area contributed by atoms with Gasteiger partial charge in [0, 0.05) is 18.5 Å². The van der Waals surface area contributed by atoms with Crippen LogP contribution in [0.15, 0.2) is 0 Å². The molecule has 0 aromatic rings. The first kappa shape index (κ1) is 10.5. The minimum absolute atomic E-state index is 0.199. The highest BCUT2D eigenvalue weighted by Crippen LogP contribution is 2.18. The largest absolute Gasteiger partial charge is 0.353 e. The first-order valence-electron chi connectivity index (χ1n) is 5.23. The van der Waals surface area contributed by atoms with E-state index in [1.165, 1.54) is 19.3 Å². The smallest absolute Gasteiger partial charge is 0.220 e. The Labute approximate surface area is 80.1 Å². The fourth-order valence-corrected chi connectivity index (χ4v) is 1.44. The predicted octanol–water partition coefficient (Wildman–Crippen LogP) is 1.17. The number of rotatable bonds is 5. The van der Waals surface area contributed by atoms with Gasteiger partial charge in [0.15, 0.2) is 0 Å². The number of amides is 1. The lowest BCUT2D eigenvalue weighted by Crippen LogP contribution is -2.39. The van der Waals surface area contributed by atoms with Gasteiger partial charge in [-0.3, -0.25) is 4.79 Å². The topological polar surface area (TPSA) is 55.1 Å². The molecule has 76 valence electrons. The third kappa shape index (κ3) is 4.27. The van der Waals surface area contributed by atoms with Crippen molar-refractivity contribution in [1.82, 2.24) is 5.32 Å². The number of hydrogen-bond acceptors (Lipinski definition) is 2. The van der Waals surface area contributed by atoms with E-state index >= 15 is 0 Å². The normalized spacial score (nSPS) is 19.2. The summed E-state index contributed by atoms with van der Waals surface area (Å²) in [4.78, 5) is 11.3. The first-order chi connectivity index (χ1) is 6.18. The number of nitrogens with one attached hydrogen (secondary N) is 1. The van der Waals surface area contributed by atoms with E-state index < -0.39 is 0 Å². The van der Waals surface area contributed by atoms with E-state index in [1.807, 2.05) is 6.92 Å². The van der Waals surface area contributed by atoms with Crippen LogP contribution in [0.5, 0.6) is 0 Å². The average Bonchev–Trinajstić information content (AvgIpc) is 1.96. The van der Waals surface area contributed by atoms with Crippen molar-refractivity contribution < 1.29 is 4.79 Å². The van der Waals surface area contributed by atoms with Crippen molar-refractivity contribution in [2.75, 3.05) is 0 Å². The van der Waals surface area contributed by atoms with Crippen molar-refractivity contribution in [3.05, 3.63) is 0 Å². The van der Waals surface area contributed by atoms with Crippen molar-refractivity contribution in [2.45, 2.75) is 57.5 Å². The quantitative estimate of drug-likeness (QED) is 0.674. The molecule has 0 spiro atoms. The summed E-state index contributed by atoms with van der Waals surface area (Å²) < 4.78 is 0. The molecule has 1 aliphatic carbocycles. The molecule has 1 atom stereocenters. The molecule has 0 heterocycles. The van der Waals surface area contributed by atoms with Crippen molar-refractivity contribution in [1.29, 1.82) is 0 Å². The summed E-state index contributed by atoms with van der Waals surface area (Å²) >= 11 is 0. The van der Waals surface area contributed by atoms with E-state index in [9.17, 15) is 4.79 Å². The molecule has 3 heteroatoms. The lowest BCUT2D eigenvalue weighted by Gasteiger charge is -2.26. The highest BCUT2D eigenvalue weighted by Gasteiger charge is 2.18. The summed E-state index contributed by atoms with van der Waals surface area (Å²) in [6.07, 6.45) is 6.09. The molecular formula is C10H20N2O. The molecule has 0 aromatic carbocycles. The molecule has 0 saturated heterocycles. The molecule has 1 amide bonds. The highest BCUT2D eigenvalue weighted by atomic mass is 16.1. The van der Waals surface area contributed by atoms with Gasteiger partial charge in [-0.05, 0) is 39.0 Å². The summed E-state index contributed by atoms with van der Waals surface area (Å²) in [6.45, 7) is 1.98. The Hall–Kier alpha value is -0.570. The lowest BCUT2D eigenvalue weighted by molar-refractivity contribution is -0.122. The van der Waals surface area contributed by atoms with Crippen LogP contribution in [0.3, 0.4) is 0 Å². The minimum Gasteiger partial charge on any atom is -0.353 e. The van der Waals surface area contributed by atoms with Crippen LogP contribution < -0.4 is 11.1 Å². The molecule has 3 N–H and O–H groups in total. The third-order valence-electron chi connectivity index (χ3n) is 2.53. The number of carbonyl (C=O) groups is 1. The Balaban J connectivity index is 1.97. The number of hydrogen-bond donors (Lipinski definition) is 2. The first-order valence-corrected chi connectivity index (χ1v) is 5.23. The van der Waals surface area contributed by atoms with E-state index in [-0.39, 0.29) is 11.9 Å². The average molecular weight is 184 g/mol. The van der Waals surface area contributed by atoms with Crippen LogP contribution in [0, 0.1) is 0 Å². The van der Waals surface area contributed by atoms with Gasteiger partial charge in [0.25, 0.3) is 0 Å². The van der Waals surface area contributed by atoms with Crippen LogP contribution in [0.1, 0.15) is 45.4 Å². The molecule has 13 heavy (non-hydrogen) atoms. The second-order valence-electron chi connectivity index (χ2n) is 4.06. The van der Waals surface area contributed by atoms with Gasteiger partial charge < -0.3 is 11.1 Å². The van der Waals surface area contributed by atoms with Gasteiger partial charge in [-0.25, -0.2) is 0 Å². The van der Waals surface area contributed by atoms with Gasteiger partial charge in [0.2, 0.25) is 5.91 Å². The summed E-state index contributed by atoms with van der Waals surface area (Å²) in [5.74, 6) is 0.199. The molecule has 1 rings (SSSR count). The molecule has 0 bridgehead atoms. The van der Waals surface area contributed by atoms with Crippen molar-refractivity contribution in [3.63, 3.8) is 0 Å². The summed E-state index contributed by atoms with van der Waals surface area (Å²) in [7, 11) is 0. The standard InChI is InChI=1S/C10H20N2O/c1-8(11)4-2-7-10(13)12-9-5-3-6-9/h8-9H,2-7,11H2,1H3,(H,12,13). The number of nitrogens with two attached hydrogens (primary N) is 1. The van der Waals surface area contributed by atoms with Crippen LogP contribution in [-0.4, -0.2) is 18.0 Å². The minimum atomic E-state index is 0.199. The molecular weight excluding hydrogens is 164 g/mol. The van der Waals surface area contributed by atoms with Gasteiger partial charge in [-0.2, -0.15) is 0 Å². The van der Waals surface area contributed by atoms with Gasteiger partial charge in [0.1, 0.15) is 0 Å². The Morgan fingerprint density at radius 3 is 2.77 bits per heavy atom. The molecule has 1 saturated carbocycles. The SMILES string of the molecule is CC(N)CCCC(=O)NC1CCC1. The van der Waals surface area contributed by atoms with E-state index in [0.29, 0.717) is 12.5 Å². The Morgan fingerprint density at radius 2 is 2.31 bits per heavy atom. The fourth-order valence-electron chi connectivity index (χ4n) is 1.44. The highest BCUT2D eigenvalue weighted by molar-refractivity contribution is 5.76. The zero-order valence-electron chi connectivity index (χ0n) is 8.38. The summed E-state index contributed by atoms with van der Waals surface area (Å²) in [5, 5.41) is 3.01. The maximum Gasteiger partial charge on any atom is 0.220 e. The molecule has 0 aliphatic heterocycles. The van der Waals surface area contributed by atoms with E-state index in [2.05, 4.69) is 5.32 Å². The third-order valence-corrected chi connectivity index (χ3v) is 2.53. The Kier molecular flexibility index (Phi) is 4.22. The van der Waals surface area contributed by atoms with Crippen molar-refractivity contribution >= 4 is 5.91 Å². The van der Waals surface area contributed by atoms with E-state index in [4.69, 9.17) is 5.73 Å². The molecule has 3 nitrogen and oxygen atoms in total. The van der Waals surface area contributed by atoms with E-state index in [1.54, 1.807) is 0 Å². The molecule has 1 unspecified atom stereocenters. The summed E-state index contributed by atoms with van der Waals surface area (Å²) in [5.41, 5.74) is 5.59. The van der Waals surface area contributed by atoms with Crippen LogP contribution >= 0.6 is 0 Å². The molecule has 0 aromatic heterocycles. The van der Waals surface area contributed by atoms with Gasteiger partial charge in [-0.15, -0.1) is 0 Å². The Morgan fingerprint density at radius 1 is 1.62 bits per heavy atom. The Bertz CT molecular complexity index is 164. The zero-order chi connectivity index (χ0) is 9.68. The van der Waals surface area contributed by atoms with Gasteiger partial charge in [-0.1, -0.05) is 0 Å². The van der Waals surface area contributed by atoms with Crippen molar-refractivity contribution in [3.8, 4) is 0 Å². The van der Waals surface area contributed by atoms with Crippen LogP contribution in [-0.2, 0) is 4.79 Å². The number of carbonyl (C=O) groups excluding carboxylic acids is 1. The molecule has 1 aliphatic rings. The zero-order valence-corrected chi connectivity index (χ0v) is 8.38. The molecule has 1 fully saturated rings. The maximum atomic E-state index is 11.3. The lowest BCUT2D eigenvalue weighted by atomic mass is 9.93. The van der Waals surface area contributed by atoms with Crippen molar-refractivity contribution in [2.24, 2.45) is 5.73 Å². The second-order valence-corrected chi connectivity index (χ2v) is 4.06. The predicted molar refractivity (Wildman–Crippen MR) is 53.3 cm³/mol. The van der Waals surface area contributed by atoms with Crippen LogP contribution in [0.2, 0.25) is 0 Å². The fraction of sp³-hybridized carbons (Fsp3) is 0.900. The van der Waals surface area contributed by atoms with Crippen LogP contribution in [0.4, 0.5) is 0 Å².